The van der Waals surface area contributed by atoms with Gasteiger partial charge in [0.25, 0.3) is 5.91 Å². The topological polar surface area (TPSA) is 119 Å². The summed E-state index contributed by atoms with van der Waals surface area (Å²) in [6, 6.07) is 10.7. The second kappa shape index (κ2) is 7.95. The van der Waals surface area contributed by atoms with Crippen molar-refractivity contribution in [2.24, 2.45) is 0 Å². The minimum Gasteiger partial charge on any atom is -0.459 e. The van der Waals surface area contributed by atoms with E-state index in [9.17, 15) is 10.1 Å². The van der Waals surface area contributed by atoms with Gasteiger partial charge in [-0.1, -0.05) is 12.1 Å². The Kier molecular flexibility index (Phi) is 5.04. The van der Waals surface area contributed by atoms with Crippen LogP contribution in [0.25, 0.3) is 5.76 Å². The zero-order chi connectivity index (χ0) is 20.2. The van der Waals surface area contributed by atoms with Crippen molar-refractivity contribution in [1.82, 2.24) is 25.3 Å². The molecule has 0 aliphatic carbocycles. The number of ether oxygens (including phenoxy) is 1. The van der Waals surface area contributed by atoms with E-state index in [2.05, 4.69) is 28.0 Å². The van der Waals surface area contributed by atoms with Crippen LogP contribution in [0.3, 0.4) is 0 Å². The molecule has 0 radical (unpaired) electrons. The van der Waals surface area contributed by atoms with Crippen molar-refractivity contribution in [3.63, 3.8) is 0 Å². The van der Waals surface area contributed by atoms with Gasteiger partial charge in [-0.2, -0.15) is 15.6 Å². The summed E-state index contributed by atoms with van der Waals surface area (Å²) in [5, 5.41) is 28.5. The number of hydrogen-bond donors (Lipinski definition) is 2. The lowest BCUT2D eigenvalue weighted by atomic mass is 10.1. The lowest BCUT2D eigenvalue weighted by molar-refractivity contribution is -0.129. The van der Waals surface area contributed by atoms with E-state index in [1.54, 1.807) is 40.2 Å². The van der Waals surface area contributed by atoms with E-state index < -0.39 is 6.23 Å². The highest BCUT2D eigenvalue weighted by atomic mass is 16.5. The zero-order valence-electron chi connectivity index (χ0n) is 15.5. The maximum atomic E-state index is 12.6. The van der Waals surface area contributed by atoms with Gasteiger partial charge in [0.1, 0.15) is 5.76 Å². The number of carbonyl (C=O) groups excluding carboxylic acids is 1. The molecule has 146 valence electrons. The van der Waals surface area contributed by atoms with Crippen LogP contribution in [-0.4, -0.2) is 45.4 Å². The van der Waals surface area contributed by atoms with Crippen molar-refractivity contribution in [3.8, 4) is 12.3 Å². The van der Waals surface area contributed by atoms with E-state index in [-0.39, 0.29) is 18.0 Å². The Labute approximate surface area is 167 Å². The highest BCUT2D eigenvalue weighted by molar-refractivity contribution is 5.83. The second-order valence-electron chi connectivity index (χ2n) is 6.94. The Balaban J connectivity index is 1.33. The zero-order valence-corrected chi connectivity index (χ0v) is 15.5. The third-order valence-corrected chi connectivity index (χ3v) is 4.97. The Morgan fingerprint density at radius 2 is 2.28 bits per heavy atom. The van der Waals surface area contributed by atoms with Crippen molar-refractivity contribution in [2.45, 2.75) is 31.3 Å². The molecule has 2 aliphatic heterocycles. The molecule has 3 atom stereocenters. The number of nitrogens with one attached hydrogen (secondary N) is 2. The number of aromatic nitrogens is 2. The largest absolute Gasteiger partial charge is 0.459 e. The van der Waals surface area contributed by atoms with Crippen LogP contribution in [-0.2, 0) is 16.1 Å². The summed E-state index contributed by atoms with van der Waals surface area (Å²) < 4.78 is 7.50. The van der Waals surface area contributed by atoms with Crippen molar-refractivity contribution in [3.05, 3.63) is 60.1 Å². The Morgan fingerprint density at radius 1 is 1.38 bits per heavy atom. The molecule has 1 unspecified atom stereocenters. The molecule has 9 nitrogen and oxygen atoms in total. The molecule has 2 aliphatic rings. The first-order valence-corrected chi connectivity index (χ1v) is 9.24. The molecule has 0 saturated carbocycles. The molecular weight excluding hydrogens is 370 g/mol. The van der Waals surface area contributed by atoms with Crippen LogP contribution in [0.15, 0.2) is 48.9 Å². The summed E-state index contributed by atoms with van der Waals surface area (Å²) in [6.07, 6.45) is 7.17. The number of nitriles is 2. The van der Waals surface area contributed by atoms with Crippen molar-refractivity contribution < 1.29 is 9.53 Å². The number of nitrogens with zero attached hydrogens (tertiary/aromatic N) is 5. The van der Waals surface area contributed by atoms with Gasteiger partial charge in [0.2, 0.25) is 6.23 Å². The van der Waals surface area contributed by atoms with Gasteiger partial charge in [0, 0.05) is 36.7 Å². The van der Waals surface area contributed by atoms with Crippen LogP contribution in [0.5, 0.6) is 0 Å². The summed E-state index contributed by atoms with van der Waals surface area (Å²) >= 11 is 0. The van der Waals surface area contributed by atoms with Gasteiger partial charge in [0.05, 0.1) is 24.2 Å². The molecule has 29 heavy (non-hydrogen) atoms. The molecule has 9 heteroatoms. The third kappa shape index (κ3) is 3.99. The van der Waals surface area contributed by atoms with Crippen LogP contribution in [0.1, 0.15) is 17.5 Å². The van der Waals surface area contributed by atoms with Crippen LogP contribution in [0.4, 0.5) is 0 Å². The standard InChI is InChI=1S/C20H19N7O2/c21-9-14-3-1-4-15(7-14)18-10-23-20(29-18)19(28)25-16-8-17(26(11-16)13-22)12-27-6-2-5-24-27/h1-7,10,16-17,20,23H,8,11-12H2,(H,25,28)/t16-,17+,20?/m1/s1. The van der Waals surface area contributed by atoms with Crippen LogP contribution in [0.2, 0.25) is 0 Å². The van der Waals surface area contributed by atoms with Gasteiger partial charge in [0.15, 0.2) is 6.19 Å². The van der Waals surface area contributed by atoms with Gasteiger partial charge in [-0.15, -0.1) is 0 Å². The number of likely N-dealkylation sites (tertiary alicyclic amines) is 1. The van der Waals surface area contributed by atoms with Gasteiger partial charge in [-0.05, 0) is 24.6 Å². The fourth-order valence-corrected chi connectivity index (χ4v) is 3.59. The summed E-state index contributed by atoms with van der Waals surface area (Å²) in [7, 11) is 0. The van der Waals surface area contributed by atoms with Gasteiger partial charge < -0.3 is 20.3 Å². The highest BCUT2D eigenvalue weighted by Crippen LogP contribution is 2.23. The number of amides is 1. The number of benzene rings is 1. The van der Waals surface area contributed by atoms with E-state index in [0.717, 1.165) is 5.56 Å². The molecule has 1 aromatic heterocycles. The first kappa shape index (κ1) is 18.4. The average Bonchev–Trinajstić information content (AvgIpc) is 3.49. The van der Waals surface area contributed by atoms with E-state index in [1.165, 1.54) is 0 Å². The summed E-state index contributed by atoms with van der Waals surface area (Å²) in [4.78, 5) is 14.3. The highest BCUT2D eigenvalue weighted by Gasteiger charge is 2.35. The molecule has 1 aromatic carbocycles. The van der Waals surface area contributed by atoms with Crippen molar-refractivity contribution in [1.29, 1.82) is 10.5 Å². The molecule has 2 aromatic rings. The van der Waals surface area contributed by atoms with E-state index >= 15 is 0 Å². The van der Waals surface area contributed by atoms with E-state index in [1.807, 2.05) is 18.3 Å². The van der Waals surface area contributed by atoms with Crippen LogP contribution in [0, 0.1) is 22.8 Å². The SMILES string of the molecule is N#Cc1cccc(C2=CNC(C(=O)N[C@@H]3C[C@@H](Cn4cccn4)N(C#N)C3)O2)c1. The molecule has 0 spiro atoms. The van der Waals surface area contributed by atoms with Crippen LogP contribution < -0.4 is 10.6 Å². The summed E-state index contributed by atoms with van der Waals surface area (Å²) in [5.74, 6) is 0.208. The second-order valence-corrected chi connectivity index (χ2v) is 6.94. The molecule has 1 amide bonds. The Hall–Kier alpha value is -3.98. The summed E-state index contributed by atoms with van der Waals surface area (Å²) in [5.41, 5.74) is 1.24. The minimum absolute atomic E-state index is 0.0231. The molecule has 0 bridgehead atoms. The normalized spacial score (nSPS) is 22.8. The maximum Gasteiger partial charge on any atom is 0.282 e. The monoisotopic (exact) mass is 389 g/mol. The quantitative estimate of drug-likeness (QED) is 0.724. The van der Waals surface area contributed by atoms with Crippen molar-refractivity contribution in [2.75, 3.05) is 6.54 Å². The summed E-state index contributed by atoms with van der Waals surface area (Å²) in [6.45, 7) is 1.04. The number of rotatable bonds is 5. The minimum atomic E-state index is -0.851. The smallest absolute Gasteiger partial charge is 0.282 e. The van der Waals surface area contributed by atoms with Gasteiger partial charge in [-0.3, -0.25) is 9.48 Å². The Bertz CT molecular complexity index is 1000. The molecule has 3 heterocycles. The fourth-order valence-electron chi connectivity index (χ4n) is 3.59. The van der Waals surface area contributed by atoms with E-state index in [4.69, 9.17) is 10.00 Å². The lowest BCUT2D eigenvalue weighted by Crippen LogP contribution is -2.46. The number of carbonyl (C=O) groups is 1. The lowest BCUT2D eigenvalue weighted by Gasteiger charge is -2.17. The predicted molar refractivity (Wildman–Crippen MR) is 102 cm³/mol. The van der Waals surface area contributed by atoms with Crippen LogP contribution >= 0.6 is 0 Å². The molecule has 1 fully saturated rings. The van der Waals surface area contributed by atoms with Crippen molar-refractivity contribution >= 4 is 11.7 Å². The fraction of sp³-hybridized carbons (Fsp3) is 0.300. The Morgan fingerprint density at radius 3 is 3.03 bits per heavy atom. The van der Waals surface area contributed by atoms with E-state index in [0.29, 0.717) is 30.8 Å². The number of hydrogen-bond acceptors (Lipinski definition) is 7. The third-order valence-electron chi connectivity index (χ3n) is 4.97. The van der Waals surface area contributed by atoms with Gasteiger partial charge in [-0.25, -0.2) is 0 Å². The molecule has 2 N–H and O–H groups in total. The molecule has 1 saturated heterocycles. The maximum absolute atomic E-state index is 12.6. The average molecular weight is 389 g/mol. The molecule has 4 rings (SSSR count). The predicted octanol–water partition coefficient (Wildman–Crippen LogP) is 0.739. The first-order valence-electron chi connectivity index (χ1n) is 9.24. The first-order chi connectivity index (χ1) is 14.2. The molecular formula is C20H19N7O2. The van der Waals surface area contributed by atoms with Gasteiger partial charge >= 0.3 is 0 Å².